The molecule has 10 heavy (non-hydrogen) atoms. The van der Waals surface area contributed by atoms with E-state index in [2.05, 4.69) is 4.52 Å². The van der Waals surface area contributed by atoms with Crippen LogP contribution in [0.25, 0.3) is 0 Å². The van der Waals surface area contributed by atoms with Crippen LogP contribution in [0.4, 0.5) is 0 Å². The highest BCUT2D eigenvalue weighted by molar-refractivity contribution is 7.43. The molecule has 0 saturated heterocycles. The Kier molecular flexibility index (Phi) is 4.85. The molecule has 0 fully saturated rings. The minimum atomic E-state index is -4.79. The number of rotatable bonds is 5. The quantitative estimate of drug-likeness (QED) is 0.383. The lowest BCUT2D eigenvalue weighted by Crippen LogP contribution is -2.18. The van der Waals surface area contributed by atoms with E-state index in [9.17, 15) is 14.4 Å². The van der Waals surface area contributed by atoms with Gasteiger partial charge in [-0.25, -0.2) is 0 Å². The van der Waals surface area contributed by atoms with Gasteiger partial charge in [0.2, 0.25) is 0 Å². The van der Waals surface area contributed by atoms with Gasteiger partial charge in [0.05, 0.1) is 21.0 Å². The highest BCUT2D eigenvalue weighted by Gasteiger charge is 1.89. The first kappa shape index (κ1) is 10.1. The van der Waals surface area contributed by atoms with Gasteiger partial charge in [-0.3, -0.25) is 0 Å². The molecule has 0 unspecified atom stereocenters. The van der Waals surface area contributed by atoms with Crippen molar-refractivity contribution in [2.24, 2.45) is 0 Å². The second kappa shape index (κ2) is 4.82. The molecule has 5 nitrogen and oxygen atoms in total. The van der Waals surface area contributed by atoms with Crippen molar-refractivity contribution in [1.82, 2.24) is 0 Å². The molecule has 0 aromatic heterocycles. The molecule has 0 rings (SSSR count). The maximum atomic E-state index is 9.79. The van der Waals surface area contributed by atoms with Crippen molar-refractivity contribution in [3.8, 4) is 0 Å². The first-order valence-electron chi connectivity index (χ1n) is 2.80. The Bertz CT molecular complexity index is 119. The second-order valence-corrected chi connectivity index (χ2v) is 2.63. The molecule has 0 aliphatic carbocycles. The maximum Gasteiger partial charge on any atom is 0.0752 e. The van der Waals surface area contributed by atoms with E-state index in [-0.39, 0.29) is 13.2 Å². The first-order valence-corrected chi connectivity index (χ1v) is 4.26. The van der Waals surface area contributed by atoms with Crippen LogP contribution in [0.15, 0.2) is 0 Å². The van der Waals surface area contributed by atoms with Crippen molar-refractivity contribution in [3.05, 3.63) is 0 Å². The van der Waals surface area contributed by atoms with E-state index < -0.39 is 7.82 Å². The van der Waals surface area contributed by atoms with Crippen molar-refractivity contribution in [1.29, 1.82) is 0 Å². The fourth-order valence-electron chi connectivity index (χ4n) is 0.352. The van der Waals surface area contributed by atoms with Crippen LogP contribution in [0.1, 0.15) is 6.92 Å². The molecule has 0 amide bonds. The Hall–Kier alpha value is 0.0700. The second-order valence-electron chi connectivity index (χ2n) is 1.48. The van der Waals surface area contributed by atoms with Gasteiger partial charge in [0.15, 0.2) is 0 Å². The summed E-state index contributed by atoms with van der Waals surface area (Å²) in [5.41, 5.74) is 0. The third-order valence-electron chi connectivity index (χ3n) is 0.681. The maximum absolute atomic E-state index is 9.79. The van der Waals surface area contributed by atoms with Crippen LogP contribution < -0.4 is 9.79 Å². The summed E-state index contributed by atoms with van der Waals surface area (Å²) in [5, 5.41) is 0. The van der Waals surface area contributed by atoms with Crippen molar-refractivity contribution < 1.29 is 23.6 Å². The molecule has 0 spiro atoms. The van der Waals surface area contributed by atoms with Gasteiger partial charge in [0, 0.05) is 6.61 Å². The van der Waals surface area contributed by atoms with Crippen LogP contribution in [0.2, 0.25) is 0 Å². The molecule has 0 bridgehead atoms. The van der Waals surface area contributed by atoms with E-state index in [4.69, 9.17) is 4.74 Å². The lowest BCUT2D eigenvalue weighted by molar-refractivity contribution is -0.342. The Labute approximate surface area is 59.2 Å². The molecule has 0 radical (unpaired) electrons. The molecular weight excluding hydrogens is 159 g/mol. The molecule has 0 aliphatic rings. The zero-order valence-corrected chi connectivity index (χ0v) is 6.50. The van der Waals surface area contributed by atoms with Gasteiger partial charge < -0.3 is 23.6 Å². The largest absolute Gasteiger partial charge is 0.790 e. The van der Waals surface area contributed by atoms with Crippen molar-refractivity contribution in [3.63, 3.8) is 0 Å². The van der Waals surface area contributed by atoms with E-state index in [1.165, 1.54) is 0 Å². The molecule has 0 N–H and O–H groups in total. The molecule has 0 atom stereocenters. The lowest BCUT2D eigenvalue weighted by atomic mass is 10.8. The predicted octanol–water partition coefficient (Wildman–Crippen LogP) is -1.13. The van der Waals surface area contributed by atoms with E-state index in [1.54, 1.807) is 6.92 Å². The van der Waals surface area contributed by atoms with E-state index in [0.29, 0.717) is 6.61 Å². The van der Waals surface area contributed by atoms with E-state index in [0.717, 1.165) is 0 Å². The third kappa shape index (κ3) is 8.07. The summed E-state index contributed by atoms with van der Waals surface area (Å²) in [7, 11) is -4.79. The van der Waals surface area contributed by atoms with Crippen LogP contribution in [-0.2, 0) is 13.8 Å². The number of hydrogen-bond donors (Lipinski definition) is 0. The van der Waals surface area contributed by atoms with Gasteiger partial charge in [-0.2, -0.15) is 0 Å². The fraction of sp³-hybridized carbons (Fsp3) is 1.00. The topological polar surface area (TPSA) is 81.7 Å². The average Bonchev–Trinajstić information content (AvgIpc) is 1.78. The van der Waals surface area contributed by atoms with E-state index in [1.807, 2.05) is 0 Å². The van der Waals surface area contributed by atoms with Crippen molar-refractivity contribution in [2.45, 2.75) is 6.92 Å². The summed E-state index contributed by atoms with van der Waals surface area (Å²) in [5.74, 6) is 0. The highest BCUT2D eigenvalue weighted by atomic mass is 31.2. The monoisotopic (exact) mass is 168 g/mol. The van der Waals surface area contributed by atoms with Gasteiger partial charge in [0.1, 0.15) is 0 Å². The summed E-state index contributed by atoms with van der Waals surface area (Å²) < 4.78 is 18.3. The van der Waals surface area contributed by atoms with Crippen LogP contribution in [0.5, 0.6) is 0 Å². The van der Waals surface area contributed by atoms with Crippen LogP contribution in [0.3, 0.4) is 0 Å². The molecular formula is C4H9O5P-2. The highest BCUT2D eigenvalue weighted by Crippen LogP contribution is 2.23. The normalized spacial score (nSPS) is 11.9. The molecule has 0 aromatic carbocycles. The third-order valence-corrected chi connectivity index (χ3v) is 1.18. The fourth-order valence-corrected chi connectivity index (χ4v) is 0.650. The molecule has 0 heterocycles. The Morgan fingerprint density at radius 2 is 2.00 bits per heavy atom. The molecule has 0 saturated carbocycles. The first-order chi connectivity index (χ1) is 4.56. The minimum Gasteiger partial charge on any atom is -0.790 e. The number of ether oxygens (including phenoxy) is 1. The lowest BCUT2D eigenvalue weighted by Gasteiger charge is -2.28. The Morgan fingerprint density at radius 1 is 1.40 bits per heavy atom. The summed E-state index contributed by atoms with van der Waals surface area (Å²) >= 11 is 0. The predicted molar refractivity (Wildman–Crippen MR) is 30.1 cm³/mol. The molecule has 62 valence electrons. The zero-order chi connectivity index (χ0) is 8.04. The standard InChI is InChI=1S/C4H11O5P/c1-2-8-3-4-9-10(5,6)7/h2-4H2,1H3,(H2,5,6,7)/p-2. The summed E-state index contributed by atoms with van der Waals surface area (Å²) in [4.78, 5) is 19.6. The van der Waals surface area contributed by atoms with Crippen LogP contribution >= 0.6 is 7.82 Å². The van der Waals surface area contributed by atoms with Gasteiger partial charge in [-0.05, 0) is 6.92 Å². The summed E-state index contributed by atoms with van der Waals surface area (Å²) in [6.07, 6.45) is 0. The summed E-state index contributed by atoms with van der Waals surface area (Å²) in [6.45, 7) is 2.17. The molecule has 0 aliphatic heterocycles. The zero-order valence-electron chi connectivity index (χ0n) is 5.61. The molecule has 0 aromatic rings. The number of phosphoric ester groups is 1. The van der Waals surface area contributed by atoms with Crippen LogP contribution in [-0.4, -0.2) is 19.8 Å². The molecule has 6 heteroatoms. The van der Waals surface area contributed by atoms with Crippen LogP contribution in [0, 0.1) is 0 Å². The minimum absolute atomic E-state index is 0.130. The summed E-state index contributed by atoms with van der Waals surface area (Å²) in [6, 6.07) is 0. The number of phosphoric acid groups is 1. The van der Waals surface area contributed by atoms with Gasteiger partial charge >= 0.3 is 0 Å². The Balaban J connectivity index is 3.13. The van der Waals surface area contributed by atoms with Gasteiger partial charge in [-0.1, -0.05) is 0 Å². The average molecular weight is 168 g/mol. The van der Waals surface area contributed by atoms with Crippen molar-refractivity contribution >= 4 is 7.82 Å². The van der Waals surface area contributed by atoms with E-state index >= 15 is 0 Å². The Morgan fingerprint density at radius 3 is 2.40 bits per heavy atom. The smallest absolute Gasteiger partial charge is 0.0752 e. The SMILES string of the molecule is CCOCCOP(=O)([O-])[O-]. The van der Waals surface area contributed by atoms with Gasteiger partial charge in [-0.15, -0.1) is 0 Å². The van der Waals surface area contributed by atoms with Crippen molar-refractivity contribution in [2.75, 3.05) is 19.8 Å². The number of hydrogen-bond acceptors (Lipinski definition) is 5. The van der Waals surface area contributed by atoms with Gasteiger partial charge in [0.25, 0.3) is 0 Å².